The predicted octanol–water partition coefficient (Wildman–Crippen LogP) is 5.39. The van der Waals surface area contributed by atoms with E-state index in [-0.39, 0.29) is 11.4 Å². The van der Waals surface area contributed by atoms with Crippen LogP contribution in [0.25, 0.3) is 0 Å². The number of nitrogens with one attached hydrogen (secondary N) is 1. The van der Waals surface area contributed by atoms with E-state index in [4.69, 9.17) is 11.6 Å². The Balaban J connectivity index is 2.96. The Morgan fingerprint density at radius 1 is 1.30 bits per heavy atom. The summed E-state index contributed by atoms with van der Waals surface area (Å²) in [5, 5.41) is 4.09. The van der Waals surface area contributed by atoms with E-state index in [0.717, 1.165) is 24.9 Å². The van der Waals surface area contributed by atoms with Crippen molar-refractivity contribution in [3.63, 3.8) is 0 Å². The van der Waals surface area contributed by atoms with Gasteiger partial charge in [0.05, 0.1) is 0 Å². The van der Waals surface area contributed by atoms with Gasteiger partial charge in [-0.2, -0.15) is 0 Å². The quantitative estimate of drug-likeness (QED) is 0.743. The molecule has 114 valence electrons. The number of hydrogen-bond acceptors (Lipinski definition) is 1. The van der Waals surface area contributed by atoms with Crippen LogP contribution in [0.4, 0.5) is 4.39 Å². The standard InChI is InChI=1S/C17H27ClFN/c1-6-7-12(2)15(11-20-17(3,4)5)14-9-8-13(19)10-16(14)18/h8-10,12,15,20H,6-7,11H2,1-5H3. The van der Waals surface area contributed by atoms with E-state index >= 15 is 0 Å². The van der Waals surface area contributed by atoms with Crippen LogP contribution in [-0.2, 0) is 0 Å². The lowest BCUT2D eigenvalue weighted by molar-refractivity contribution is 0.348. The van der Waals surface area contributed by atoms with Crippen molar-refractivity contribution in [2.45, 2.75) is 58.9 Å². The van der Waals surface area contributed by atoms with Crippen LogP contribution in [0.1, 0.15) is 58.9 Å². The first-order valence-electron chi connectivity index (χ1n) is 7.44. The van der Waals surface area contributed by atoms with E-state index in [0.29, 0.717) is 16.9 Å². The molecule has 20 heavy (non-hydrogen) atoms. The van der Waals surface area contributed by atoms with Gasteiger partial charge in [0, 0.05) is 23.0 Å². The number of halogens is 2. The molecule has 0 aliphatic carbocycles. The third-order valence-electron chi connectivity index (χ3n) is 3.65. The zero-order valence-electron chi connectivity index (χ0n) is 13.3. The molecule has 0 heterocycles. The van der Waals surface area contributed by atoms with E-state index in [1.54, 1.807) is 0 Å². The molecule has 0 spiro atoms. The van der Waals surface area contributed by atoms with Crippen LogP contribution in [0, 0.1) is 11.7 Å². The summed E-state index contributed by atoms with van der Waals surface area (Å²) in [4.78, 5) is 0. The summed E-state index contributed by atoms with van der Waals surface area (Å²) in [5.74, 6) is 0.546. The van der Waals surface area contributed by atoms with E-state index in [1.807, 2.05) is 6.07 Å². The van der Waals surface area contributed by atoms with Gasteiger partial charge in [-0.1, -0.05) is 44.4 Å². The summed E-state index contributed by atoms with van der Waals surface area (Å²) >= 11 is 6.25. The van der Waals surface area contributed by atoms with Gasteiger partial charge in [-0.05, 0) is 44.4 Å². The molecule has 1 nitrogen and oxygen atoms in total. The van der Waals surface area contributed by atoms with Gasteiger partial charge in [-0.3, -0.25) is 0 Å². The molecule has 0 bridgehead atoms. The largest absolute Gasteiger partial charge is 0.311 e. The maximum Gasteiger partial charge on any atom is 0.124 e. The van der Waals surface area contributed by atoms with Crippen LogP contribution in [0.5, 0.6) is 0 Å². The summed E-state index contributed by atoms with van der Waals surface area (Å²) in [6, 6.07) is 4.75. The first kappa shape index (κ1) is 17.5. The minimum atomic E-state index is -0.274. The maximum absolute atomic E-state index is 13.2. The van der Waals surface area contributed by atoms with E-state index in [9.17, 15) is 4.39 Å². The number of hydrogen-bond donors (Lipinski definition) is 1. The molecule has 1 N–H and O–H groups in total. The van der Waals surface area contributed by atoms with Gasteiger partial charge < -0.3 is 5.32 Å². The fourth-order valence-corrected chi connectivity index (χ4v) is 2.80. The van der Waals surface area contributed by atoms with Crippen molar-refractivity contribution in [3.8, 4) is 0 Å². The first-order chi connectivity index (χ1) is 9.24. The Morgan fingerprint density at radius 2 is 1.95 bits per heavy atom. The first-order valence-corrected chi connectivity index (χ1v) is 7.82. The molecular formula is C17H27ClFN. The minimum absolute atomic E-state index is 0.0662. The highest BCUT2D eigenvalue weighted by molar-refractivity contribution is 6.31. The molecule has 0 aromatic heterocycles. The van der Waals surface area contributed by atoms with Gasteiger partial charge in [-0.25, -0.2) is 4.39 Å². The van der Waals surface area contributed by atoms with E-state index in [1.165, 1.54) is 12.1 Å². The maximum atomic E-state index is 13.2. The Hall–Kier alpha value is -0.600. The number of rotatable bonds is 6. The molecule has 1 aromatic rings. The van der Waals surface area contributed by atoms with Gasteiger partial charge in [0.15, 0.2) is 0 Å². The van der Waals surface area contributed by atoms with Crippen molar-refractivity contribution < 1.29 is 4.39 Å². The molecule has 0 amide bonds. The molecular weight excluding hydrogens is 273 g/mol. The van der Waals surface area contributed by atoms with Crippen molar-refractivity contribution >= 4 is 11.6 Å². The third kappa shape index (κ3) is 5.41. The Kier molecular flexibility index (Phi) is 6.47. The molecule has 0 aliphatic rings. The molecule has 0 fully saturated rings. The SMILES string of the molecule is CCCC(C)C(CNC(C)(C)C)c1ccc(F)cc1Cl. The summed E-state index contributed by atoms with van der Waals surface area (Å²) < 4.78 is 13.2. The highest BCUT2D eigenvalue weighted by Crippen LogP contribution is 2.33. The van der Waals surface area contributed by atoms with Crippen LogP contribution in [0.2, 0.25) is 5.02 Å². The predicted molar refractivity (Wildman–Crippen MR) is 86.0 cm³/mol. The van der Waals surface area contributed by atoms with Crippen molar-refractivity contribution in [3.05, 3.63) is 34.6 Å². The molecule has 2 unspecified atom stereocenters. The molecule has 1 rings (SSSR count). The molecule has 1 aromatic carbocycles. The summed E-state index contributed by atoms with van der Waals surface area (Å²) in [6.07, 6.45) is 2.29. The lowest BCUT2D eigenvalue weighted by Crippen LogP contribution is -2.39. The molecule has 0 aliphatic heterocycles. The second kappa shape index (κ2) is 7.42. The van der Waals surface area contributed by atoms with Crippen LogP contribution in [0.15, 0.2) is 18.2 Å². The van der Waals surface area contributed by atoms with Gasteiger partial charge in [0.2, 0.25) is 0 Å². The molecule has 0 saturated heterocycles. The fourth-order valence-electron chi connectivity index (χ4n) is 2.49. The second-order valence-corrected chi connectivity index (χ2v) is 7.08. The van der Waals surface area contributed by atoms with Crippen LogP contribution >= 0.6 is 11.6 Å². The van der Waals surface area contributed by atoms with Gasteiger partial charge in [0.25, 0.3) is 0 Å². The van der Waals surface area contributed by atoms with E-state index < -0.39 is 0 Å². The average molecular weight is 300 g/mol. The lowest BCUT2D eigenvalue weighted by atomic mass is 9.84. The van der Waals surface area contributed by atoms with Crippen LogP contribution < -0.4 is 5.32 Å². The average Bonchev–Trinajstić information content (AvgIpc) is 2.30. The topological polar surface area (TPSA) is 12.0 Å². The van der Waals surface area contributed by atoms with Crippen molar-refractivity contribution in [1.82, 2.24) is 5.32 Å². The zero-order valence-corrected chi connectivity index (χ0v) is 14.0. The monoisotopic (exact) mass is 299 g/mol. The highest BCUT2D eigenvalue weighted by Gasteiger charge is 2.23. The third-order valence-corrected chi connectivity index (χ3v) is 3.97. The second-order valence-electron chi connectivity index (χ2n) is 6.67. The summed E-state index contributed by atoms with van der Waals surface area (Å²) in [6.45, 7) is 11.8. The molecule has 0 saturated carbocycles. The lowest BCUT2D eigenvalue weighted by Gasteiger charge is -2.30. The molecule has 3 heteroatoms. The normalized spacial score (nSPS) is 15.2. The summed E-state index contributed by atoms with van der Waals surface area (Å²) in [5.41, 5.74) is 1.11. The smallest absolute Gasteiger partial charge is 0.124 e. The Bertz CT molecular complexity index is 425. The highest BCUT2D eigenvalue weighted by atomic mass is 35.5. The minimum Gasteiger partial charge on any atom is -0.311 e. The van der Waals surface area contributed by atoms with Crippen LogP contribution in [0.3, 0.4) is 0 Å². The zero-order chi connectivity index (χ0) is 15.3. The van der Waals surface area contributed by atoms with Crippen molar-refractivity contribution in [2.75, 3.05) is 6.54 Å². The van der Waals surface area contributed by atoms with E-state index in [2.05, 4.69) is 39.9 Å². The van der Waals surface area contributed by atoms with Gasteiger partial charge in [0.1, 0.15) is 5.82 Å². The molecule has 2 atom stereocenters. The molecule has 0 radical (unpaired) electrons. The Labute approximate surface area is 127 Å². The van der Waals surface area contributed by atoms with Crippen LogP contribution in [-0.4, -0.2) is 12.1 Å². The van der Waals surface area contributed by atoms with Gasteiger partial charge >= 0.3 is 0 Å². The fraction of sp³-hybridized carbons (Fsp3) is 0.647. The number of benzene rings is 1. The van der Waals surface area contributed by atoms with Crippen molar-refractivity contribution in [1.29, 1.82) is 0 Å². The summed E-state index contributed by atoms with van der Waals surface area (Å²) in [7, 11) is 0. The van der Waals surface area contributed by atoms with Crippen molar-refractivity contribution in [2.24, 2.45) is 5.92 Å². The Morgan fingerprint density at radius 3 is 2.45 bits per heavy atom. The van der Waals surface area contributed by atoms with Gasteiger partial charge in [-0.15, -0.1) is 0 Å².